The van der Waals surface area contributed by atoms with Crippen LogP contribution in [-0.4, -0.2) is 39.6 Å². The largest absolute Gasteiger partial charge is 0.611 e. The number of hydrogen-bond donors (Lipinski definition) is 1. The minimum Gasteiger partial charge on any atom is -0.611 e. The normalized spacial score (nSPS) is 19.0. The van der Waals surface area contributed by atoms with E-state index >= 15 is 0 Å². The van der Waals surface area contributed by atoms with Gasteiger partial charge in [0.25, 0.3) is 5.91 Å². The number of likely N-dealkylation sites (tertiary alicyclic amines) is 1. The highest BCUT2D eigenvalue weighted by Gasteiger charge is 2.34. The van der Waals surface area contributed by atoms with Crippen LogP contribution in [0, 0.1) is 0 Å². The molecule has 1 aliphatic heterocycles. The number of amides is 2. The van der Waals surface area contributed by atoms with Crippen LogP contribution >= 0.6 is 0 Å². The van der Waals surface area contributed by atoms with E-state index in [1.54, 1.807) is 6.07 Å². The van der Waals surface area contributed by atoms with Gasteiger partial charge in [-0.1, -0.05) is 24.3 Å². The van der Waals surface area contributed by atoms with Crippen molar-refractivity contribution in [1.82, 2.24) is 4.90 Å². The molecule has 6 heteroatoms. The number of carbonyl (C=O) groups excluding carboxylic acids is 2. The summed E-state index contributed by atoms with van der Waals surface area (Å²) in [6.07, 6.45) is 1.34. The van der Waals surface area contributed by atoms with E-state index in [0.717, 1.165) is 17.2 Å². The predicted octanol–water partition coefficient (Wildman–Crippen LogP) is 1.42. The lowest BCUT2D eigenvalue weighted by atomic mass is 10.1. The number of fused-ring (bicyclic) bond motifs is 1. The van der Waals surface area contributed by atoms with Crippen LogP contribution in [0.25, 0.3) is 10.8 Å². The Kier molecular flexibility index (Phi) is 4.54. The fraction of sp³-hybridized carbons (Fsp3) is 0.294. The predicted molar refractivity (Wildman–Crippen MR) is 89.2 cm³/mol. The van der Waals surface area contributed by atoms with Crippen LogP contribution in [0.3, 0.4) is 0 Å². The van der Waals surface area contributed by atoms with E-state index in [1.165, 1.54) is 4.90 Å². The fourth-order valence-electron chi connectivity index (χ4n) is 2.95. The van der Waals surface area contributed by atoms with Crippen molar-refractivity contribution < 1.29 is 14.1 Å². The van der Waals surface area contributed by atoms with Gasteiger partial charge in [0.15, 0.2) is 10.6 Å². The zero-order chi connectivity index (χ0) is 16.4. The van der Waals surface area contributed by atoms with E-state index < -0.39 is 23.1 Å². The smallest absolute Gasteiger partial charge is 0.273 e. The highest BCUT2D eigenvalue weighted by Crippen LogP contribution is 2.22. The van der Waals surface area contributed by atoms with Crippen LogP contribution in [0.15, 0.2) is 47.4 Å². The van der Waals surface area contributed by atoms with Gasteiger partial charge in [-0.05, 0) is 46.9 Å². The number of primary amides is 1. The molecule has 2 N–H and O–H groups in total. The summed E-state index contributed by atoms with van der Waals surface area (Å²) in [5.74, 6) is -0.896. The Balaban J connectivity index is 1.73. The topological polar surface area (TPSA) is 86.5 Å². The van der Waals surface area contributed by atoms with E-state index in [4.69, 9.17) is 5.73 Å². The first kappa shape index (κ1) is 15.8. The molecule has 0 aliphatic carbocycles. The van der Waals surface area contributed by atoms with Crippen LogP contribution in [-0.2, 0) is 20.8 Å². The molecule has 120 valence electrons. The molecule has 1 aliphatic rings. The van der Waals surface area contributed by atoms with Gasteiger partial charge in [0.05, 0.1) is 0 Å². The van der Waals surface area contributed by atoms with Crippen molar-refractivity contribution in [2.75, 3.05) is 12.3 Å². The molecule has 2 unspecified atom stereocenters. The highest BCUT2D eigenvalue weighted by atomic mass is 32.2. The van der Waals surface area contributed by atoms with E-state index in [9.17, 15) is 14.1 Å². The van der Waals surface area contributed by atoms with Crippen molar-refractivity contribution in [1.29, 1.82) is 0 Å². The minimum atomic E-state index is -1.44. The van der Waals surface area contributed by atoms with Crippen molar-refractivity contribution >= 4 is 33.8 Å². The molecular weight excluding hydrogens is 312 g/mol. The molecule has 0 bridgehead atoms. The van der Waals surface area contributed by atoms with Gasteiger partial charge < -0.3 is 15.2 Å². The Hall–Kier alpha value is -2.05. The molecule has 1 fully saturated rings. The molecule has 5 nitrogen and oxygen atoms in total. The molecule has 0 radical (unpaired) electrons. The number of rotatable bonds is 4. The third kappa shape index (κ3) is 3.33. The molecule has 0 spiro atoms. The van der Waals surface area contributed by atoms with Crippen LogP contribution in [0.2, 0.25) is 0 Å². The van der Waals surface area contributed by atoms with Gasteiger partial charge in [0.2, 0.25) is 5.91 Å². The number of carbonyl (C=O) groups is 2. The molecule has 1 heterocycles. The van der Waals surface area contributed by atoms with Crippen LogP contribution in [0.4, 0.5) is 0 Å². The van der Waals surface area contributed by atoms with Crippen LogP contribution in [0.1, 0.15) is 12.8 Å². The maximum Gasteiger partial charge on any atom is 0.273 e. The van der Waals surface area contributed by atoms with E-state index in [0.29, 0.717) is 17.9 Å². The maximum atomic E-state index is 12.5. The van der Waals surface area contributed by atoms with Crippen molar-refractivity contribution in [3.05, 3.63) is 42.5 Å². The zero-order valence-corrected chi connectivity index (χ0v) is 13.4. The maximum absolute atomic E-state index is 12.5. The van der Waals surface area contributed by atoms with Gasteiger partial charge in [0.1, 0.15) is 6.04 Å². The van der Waals surface area contributed by atoms with E-state index in [1.807, 2.05) is 36.4 Å². The third-order valence-corrected chi connectivity index (χ3v) is 5.43. The molecular formula is C17H18N2O3S. The Morgan fingerprint density at radius 1 is 1.22 bits per heavy atom. The standard InChI is InChI=1S/C17H18N2O3S/c18-17(21)15-6-3-9-19(15)16(20)11-23(22)14-8-7-12-4-1-2-5-13(12)10-14/h1-2,4-5,7-8,10,15H,3,6,9,11H2,(H2,18,21). The molecule has 0 aromatic heterocycles. The average molecular weight is 330 g/mol. The lowest BCUT2D eigenvalue weighted by Crippen LogP contribution is -2.45. The first-order valence-corrected chi connectivity index (χ1v) is 8.84. The molecule has 0 saturated carbocycles. The van der Waals surface area contributed by atoms with Crippen molar-refractivity contribution in [3.63, 3.8) is 0 Å². The van der Waals surface area contributed by atoms with Gasteiger partial charge in [0, 0.05) is 12.6 Å². The Morgan fingerprint density at radius 2 is 1.96 bits per heavy atom. The summed E-state index contributed by atoms with van der Waals surface area (Å²) in [5, 5.41) is 2.05. The summed E-state index contributed by atoms with van der Waals surface area (Å²) in [6.45, 7) is 0.501. The van der Waals surface area contributed by atoms with Crippen molar-refractivity contribution in [2.24, 2.45) is 5.73 Å². The first-order valence-electron chi connectivity index (χ1n) is 7.52. The minimum absolute atomic E-state index is 0.123. The number of nitrogens with two attached hydrogens (primary N) is 1. The van der Waals surface area contributed by atoms with Gasteiger partial charge in [-0.25, -0.2) is 0 Å². The summed E-state index contributed by atoms with van der Waals surface area (Å²) >= 11 is -1.44. The van der Waals surface area contributed by atoms with Gasteiger partial charge in [-0.15, -0.1) is 0 Å². The van der Waals surface area contributed by atoms with E-state index in [2.05, 4.69) is 0 Å². The van der Waals surface area contributed by atoms with Crippen molar-refractivity contribution in [3.8, 4) is 0 Å². The average Bonchev–Trinajstić information content (AvgIpc) is 3.04. The zero-order valence-electron chi connectivity index (χ0n) is 12.6. The second-order valence-corrected chi connectivity index (χ2v) is 7.10. The van der Waals surface area contributed by atoms with Crippen molar-refractivity contribution in [2.45, 2.75) is 23.8 Å². The number of nitrogens with zero attached hydrogens (tertiary/aromatic N) is 1. The Labute approximate surface area is 137 Å². The summed E-state index contributed by atoms with van der Waals surface area (Å²) in [4.78, 5) is 25.8. The van der Waals surface area contributed by atoms with Gasteiger partial charge >= 0.3 is 0 Å². The van der Waals surface area contributed by atoms with Gasteiger partial charge in [-0.3, -0.25) is 9.59 Å². The fourth-order valence-corrected chi connectivity index (χ4v) is 3.98. The highest BCUT2D eigenvalue weighted by molar-refractivity contribution is 7.92. The molecule has 2 atom stereocenters. The second-order valence-electron chi connectivity index (χ2n) is 5.65. The quantitative estimate of drug-likeness (QED) is 0.860. The summed E-state index contributed by atoms with van der Waals surface area (Å²) in [6, 6.07) is 12.7. The number of hydrogen-bond acceptors (Lipinski definition) is 3. The Bertz CT molecular complexity index is 749. The van der Waals surface area contributed by atoms with Crippen LogP contribution in [0.5, 0.6) is 0 Å². The molecule has 2 amide bonds. The van der Waals surface area contributed by atoms with Crippen LogP contribution < -0.4 is 5.73 Å². The lowest BCUT2D eigenvalue weighted by Gasteiger charge is -2.22. The number of benzene rings is 2. The SMILES string of the molecule is NC(=O)C1CCCN1C(=O)C[S+]([O-])c1ccc2ccccc2c1. The summed E-state index contributed by atoms with van der Waals surface area (Å²) in [5.41, 5.74) is 5.32. The van der Waals surface area contributed by atoms with Gasteiger partial charge in [-0.2, -0.15) is 0 Å². The third-order valence-electron chi connectivity index (χ3n) is 4.14. The Morgan fingerprint density at radius 3 is 2.70 bits per heavy atom. The molecule has 1 saturated heterocycles. The molecule has 23 heavy (non-hydrogen) atoms. The molecule has 2 aromatic carbocycles. The van der Waals surface area contributed by atoms with E-state index in [-0.39, 0.29) is 11.7 Å². The monoisotopic (exact) mass is 330 g/mol. The summed E-state index contributed by atoms with van der Waals surface area (Å²) in [7, 11) is 0. The lowest BCUT2D eigenvalue weighted by molar-refractivity contribution is -0.135. The first-order chi connectivity index (χ1) is 11.1. The molecule has 3 rings (SSSR count). The second kappa shape index (κ2) is 6.60. The molecule has 2 aromatic rings. The summed E-state index contributed by atoms with van der Waals surface area (Å²) < 4.78 is 12.5.